The Balaban J connectivity index is 0.00000341. The molecule has 0 fully saturated rings. The van der Waals surface area contributed by atoms with Gasteiger partial charge in [0.25, 0.3) is 0 Å². The molecule has 7 heteroatoms. The van der Waals surface area contributed by atoms with Crippen molar-refractivity contribution in [1.82, 2.24) is 20.2 Å². The lowest BCUT2D eigenvalue weighted by Gasteiger charge is -2.14. The van der Waals surface area contributed by atoms with E-state index in [9.17, 15) is 0 Å². The fourth-order valence-corrected chi connectivity index (χ4v) is 3.05. The van der Waals surface area contributed by atoms with Crippen molar-refractivity contribution in [2.24, 2.45) is 4.99 Å². The Bertz CT molecular complexity index is 956. The molecule has 1 aromatic heterocycles. The number of imidazole rings is 1. The van der Waals surface area contributed by atoms with Gasteiger partial charge in [0.15, 0.2) is 5.96 Å². The van der Waals surface area contributed by atoms with Gasteiger partial charge < -0.3 is 19.9 Å². The summed E-state index contributed by atoms with van der Waals surface area (Å²) in [5.74, 6) is 1.63. The van der Waals surface area contributed by atoms with E-state index in [1.54, 1.807) is 12.3 Å². The lowest BCUT2D eigenvalue weighted by molar-refractivity contribution is 0.358. The maximum atomic E-state index is 5.74. The van der Waals surface area contributed by atoms with E-state index in [0.717, 1.165) is 30.4 Å². The van der Waals surface area contributed by atoms with E-state index >= 15 is 0 Å². The number of aromatic nitrogens is 2. The predicted octanol–water partition coefficient (Wildman–Crippen LogP) is 4.37. The third-order valence-corrected chi connectivity index (χ3v) is 4.46. The number of hydrogen-bond donors (Lipinski definition) is 2. The molecule has 0 aliphatic carbocycles. The number of aliphatic imine (C=N–C) groups is 1. The van der Waals surface area contributed by atoms with Crippen LogP contribution in [0.1, 0.15) is 23.6 Å². The van der Waals surface area contributed by atoms with Crippen molar-refractivity contribution in [1.29, 1.82) is 0 Å². The van der Waals surface area contributed by atoms with Crippen LogP contribution in [0.2, 0.25) is 0 Å². The maximum absolute atomic E-state index is 5.74. The van der Waals surface area contributed by atoms with Gasteiger partial charge in [0.2, 0.25) is 0 Å². The zero-order chi connectivity index (χ0) is 21.0. The summed E-state index contributed by atoms with van der Waals surface area (Å²) in [6.45, 7) is 9.08. The summed E-state index contributed by atoms with van der Waals surface area (Å²) in [4.78, 5) is 8.85. The highest BCUT2D eigenvalue weighted by Gasteiger charge is 2.05. The van der Waals surface area contributed by atoms with Gasteiger partial charge in [-0.05, 0) is 24.1 Å². The first-order valence-electron chi connectivity index (χ1n) is 10.2. The maximum Gasteiger partial charge on any atom is 0.191 e. The number of benzene rings is 2. The highest BCUT2D eigenvalue weighted by molar-refractivity contribution is 14.0. The zero-order valence-corrected chi connectivity index (χ0v) is 20.2. The molecule has 0 unspecified atom stereocenters. The Morgan fingerprint density at radius 3 is 2.77 bits per heavy atom. The minimum absolute atomic E-state index is 0. The molecule has 0 amide bonds. The molecule has 0 bridgehead atoms. The molecule has 3 rings (SSSR count). The van der Waals surface area contributed by atoms with Crippen LogP contribution in [0.15, 0.2) is 84.9 Å². The summed E-state index contributed by atoms with van der Waals surface area (Å²) in [5, 5.41) is 6.70. The third-order valence-electron chi connectivity index (χ3n) is 4.46. The smallest absolute Gasteiger partial charge is 0.191 e. The zero-order valence-electron chi connectivity index (χ0n) is 17.8. The average Bonchev–Trinajstić information content (AvgIpc) is 3.28. The van der Waals surface area contributed by atoms with Crippen LogP contribution in [-0.4, -0.2) is 28.7 Å². The number of hydrogen-bond acceptors (Lipinski definition) is 3. The fraction of sp³-hybridized carbons (Fsp3) is 0.250. The number of rotatable bonds is 10. The normalized spacial score (nSPS) is 10.8. The van der Waals surface area contributed by atoms with E-state index < -0.39 is 0 Å². The van der Waals surface area contributed by atoms with E-state index in [1.807, 2.05) is 30.7 Å². The third kappa shape index (κ3) is 8.09. The van der Waals surface area contributed by atoms with E-state index in [2.05, 4.69) is 64.0 Å². The molecular weight excluding hydrogens is 501 g/mol. The number of para-hydroxylation sites is 1. The molecule has 6 nitrogen and oxygen atoms in total. The van der Waals surface area contributed by atoms with Crippen molar-refractivity contribution in [2.75, 3.05) is 13.2 Å². The molecule has 1 heterocycles. The molecule has 0 spiro atoms. The van der Waals surface area contributed by atoms with Crippen LogP contribution in [0.25, 0.3) is 0 Å². The Morgan fingerprint density at radius 1 is 1.16 bits per heavy atom. The van der Waals surface area contributed by atoms with Crippen LogP contribution in [0, 0.1) is 0 Å². The Kier molecular flexibility index (Phi) is 10.6. The fourth-order valence-electron chi connectivity index (χ4n) is 3.05. The molecule has 0 aliphatic heterocycles. The van der Waals surface area contributed by atoms with Gasteiger partial charge in [0.05, 0.1) is 12.9 Å². The second-order valence-corrected chi connectivity index (χ2v) is 6.81. The number of halogens is 1. The highest BCUT2D eigenvalue weighted by atomic mass is 127. The van der Waals surface area contributed by atoms with Crippen molar-refractivity contribution in [3.8, 4) is 5.75 Å². The van der Waals surface area contributed by atoms with Gasteiger partial charge in [-0.2, -0.15) is 0 Å². The predicted molar refractivity (Wildman–Crippen MR) is 137 cm³/mol. The van der Waals surface area contributed by atoms with Crippen LogP contribution in [0.5, 0.6) is 5.75 Å². The first-order chi connectivity index (χ1) is 14.8. The first kappa shape index (κ1) is 24.5. The molecular formula is C24H30IN5O. The minimum Gasteiger partial charge on any atom is -0.489 e. The molecule has 2 N–H and O–H groups in total. The van der Waals surface area contributed by atoms with Crippen LogP contribution in [0.3, 0.4) is 0 Å². The minimum atomic E-state index is 0. The first-order valence-corrected chi connectivity index (χ1v) is 10.2. The van der Waals surface area contributed by atoms with Crippen molar-refractivity contribution in [3.63, 3.8) is 0 Å². The van der Waals surface area contributed by atoms with Crippen molar-refractivity contribution >= 4 is 29.9 Å². The van der Waals surface area contributed by atoms with E-state index in [1.165, 1.54) is 11.1 Å². The van der Waals surface area contributed by atoms with Gasteiger partial charge in [0, 0.05) is 37.6 Å². The summed E-state index contributed by atoms with van der Waals surface area (Å²) in [6, 6.07) is 16.5. The Labute approximate surface area is 201 Å². The van der Waals surface area contributed by atoms with Crippen LogP contribution < -0.4 is 15.4 Å². The molecule has 31 heavy (non-hydrogen) atoms. The van der Waals surface area contributed by atoms with Gasteiger partial charge in [-0.1, -0.05) is 55.1 Å². The number of guanidine groups is 1. The van der Waals surface area contributed by atoms with Crippen molar-refractivity contribution in [3.05, 3.63) is 96.6 Å². The lowest BCUT2D eigenvalue weighted by atomic mass is 10.1. The van der Waals surface area contributed by atoms with Crippen LogP contribution in [-0.2, 0) is 19.6 Å². The molecule has 0 atom stereocenters. The summed E-state index contributed by atoms with van der Waals surface area (Å²) in [5.41, 5.74) is 3.47. The van der Waals surface area contributed by atoms with E-state index in [-0.39, 0.29) is 24.0 Å². The summed E-state index contributed by atoms with van der Waals surface area (Å²) in [6.07, 6.45) is 7.34. The monoisotopic (exact) mass is 531 g/mol. The Morgan fingerprint density at radius 2 is 2.00 bits per heavy atom. The Hall–Kier alpha value is -2.81. The molecule has 164 valence electrons. The topological polar surface area (TPSA) is 63.5 Å². The number of ether oxygens (including phenoxy) is 1. The SMILES string of the molecule is C=CCOc1ccccc1CNC(=NCc1cccc(Cn2ccnc2)c1)NCC.I. The lowest BCUT2D eigenvalue weighted by Crippen LogP contribution is -2.36. The standard InChI is InChI=1S/C24H29N5O.HI/c1-3-14-30-23-11-6-5-10-22(23)17-28-24(26-4-2)27-16-20-8-7-9-21(15-20)18-29-13-12-25-19-29;/h3,5-13,15,19H,1,4,14,16-18H2,2H3,(H2,26,27,28);1H. The van der Waals surface area contributed by atoms with Gasteiger partial charge in [-0.3, -0.25) is 0 Å². The molecule has 0 radical (unpaired) electrons. The van der Waals surface area contributed by atoms with Crippen LogP contribution in [0.4, 0.5) is 0 Å². The molecule has 0 saturated heterocycles. The van der Waals surface area contributed by atoms with Crippen molar-refractivity contribution < 1.29 is 4.74 Å². The van der Waals surface area contributed by atoms with Crippen LogP contribution >= 0.6 is 24.0 Å². The van der Waals surface area contributed by atoms with Gasteiger partial charge in [-0.15, -0.1) is 24.0 Å². The highest BCUT2D eigenvalue weighted by Crippen LogP contribution is 2.17. The van der Waals surface area contributed by atoms with Gasteiger partial charge >= 0.3 is 0 Å². The average molecular weight is 531 g/mol. The second kappa shape index (κ2) is 13.5. The van der Waals surface area contributed by atoms with Crippen molar-refractivity contribution in [2.45, 2.75) is 26.6 Å². The molecule has 3 aromatic rings. The largest absolute Gasteiger partial charge is 0.489 e. The second-order valence-electron chi connectivity index (χ2n) is 6.81. The molecule has 2 aromatic carbocycles. The van der Waals surface area contributed by atoms with Gasteiger partial charge in [0.1, 0.15) is 12.4 Å². The summed E-state index contributed by atoms with van der Waals surface area (Å²) < 4.78 is 7.79. The van der Waals surface area contributed by atoms with Gasteiger partial charge in [-0.25, -0.2) is 9.98 Å². The summed E-state index contributed by atoms with van der Waals surface area (Å²) in [7, 11) is 0. The number of nitrogens with zero attached hydrogens (tertiary/aromatic N) is 3. The number of nitrogens with one attached hydrogen (secondary N) is 2. The van der Waals surface area contributed by atoms with E-state index in [4.69, 9.17) is 9.73 Å². The summed E-state index contributed by atoms with van der Waals surface area (Å²) >= 11 is 0. The molecule has 0 aliphatic rings. The molecule has 0 saturated carbocycles. The quantitative estimate of drug-likeness (QED) is 0.177. The van der Waals surface area contributed by atoms with E-state index in [0.29, 0.717) is 19.7 Å².